The summed E-state index contributed by atoms with van der Waals surface area (Å²) in [6.45, 7) is 6.51. The van der Waals surface area contributed by atoms with Crippen molar-refractivity contribution in [1.29, 1.82) is 0 Å². The van der Waals surface area contributed by atoms with Crippen LogP contribution in [0.15, 0.2) is 41.5 Å². The van der Waals surface area contributed by atoms with Crippen molar-refractivity contribution in [3.63, 3.8) is 0 Å². The molecular formula is C15H20N4. The van der Waals surface area contributed by atoms with Gasteiger partial charge in [-0.25, -0.2) is 4.99 Å². The molecule has 2 rings (SSSR count). The van der Waals surface area contributed by atoms with Gasteiger partial charge in [0.25, 0.3) is 0 Å². The molecule has 19 heavy (non-hydrogen) atoms. The lowest BCUT2D eigenvalue weighted by molar-refractivity contribution is 0.840. The van der Waals surface area contributed by atoms with Gasteiger partial charge in [-0.1, -0.05) is 18.2 Å². The first kappa shape index (κ1) is 13.3. The third kappa shape index (κ3) is 3.44. The number of para-hydroxylation sites is 1. The third-order valence-electron chi connectivity index (χ3n) is 2.84. The lowest BCUT2D eigenvalue weighted by Crippen LogP contribution is -2.36. The molecule has 0 amide bonds. The Bertz CT molecular complexity index is 550. The summed E-state index contributed by atoms with van der Waals surface area (Å²) in [4.78, 5) is 8.95. The van der Waals surface area contributed by atoms with Gasteiger partial charge in [-0.15, -0.1) is 0 Å². The number of hydrogen-bond donors (Lipinski definition) is 2. The second-order valence-electron chi connectivity index (χ2n) is 4.21. The van der Waals surface area contributed by atoms with Crippen LogP contribution in [0.2, 0.25) is 0 Å². The van der Waals surface area contributed by atoms with E-state index in [1.165, 1.54) is 10.9 Å². The molecule has 0 atom stereocenters. The first-order valence-corrected chi connectivity index (χ1v) is 6.70. The summed E-state index contributed by atoms with van der Waals surface area (Å²) in [7, 11) is 0. The van der Waals surface area contributed by atoms with Crippen molar-refractivity contribution in [2.75, 3.05) is 13.1 Å². The third-order valence-corrected chi connectivity index (χ3v) is 2.84. The van der Waals surface area contributed by atoms with E-state index in [0.29, 0.717) is 6.54 Å². The van der Waals surface area contributed by atoms with Gasteiger partial charge in [0.15, 0.2) is 5.96 Å². The molecular weight excluding hydrogens is 236 g/mol. The van der Waals surface area contributed by atoms with E-state index < -0.39 is 0 Å². The summed E-state index contributed by atoms with van der Waals surface area (Å²) < 4.78 is 0. The summed E-state index contributed by atoms with van der Waals surface area (Å²) >= 11 is 0. The molecule has 0 unspecified atom stereocenters. The van der Waals surface area contributed by atoms with Crippen LogP contribution < -0.4 is 10.6 Å². The molecule has 1 aromatic carbocycles. The maximum Gasteiger partial charge on any atom is 0.191 e. The SMILES string of the molecule is CCNC(=NCc1ccnc2ccccc12)NCC. The average molecular weight is 256 g/mol. The van der Waals surface area contributed by atoms with Crippen LogP contribution in [-0.4, -0.2) is 24.0 Å². The number of nitrogens with zero attached hydrogens (tertiary/aromatic N) is 2. The molecule has 0 fully saturated rings. The van der Waals surface area contributed by atoms with Crippen molar-refractivity contribution in [2.45, 2.75) is 20.4 Å². The molecule has 100 valence electrons. The maximum absolute atomic E-state index is 4.59. The molecule has 0 aliphatic rings. The monoisotopic (exact) mass is 256 g/mol. The second kappa shape index (κ2) is 6.73. The summed E-state index contributed by atoms with van der Waals surface area (Å²) in [5, 5.41) is 7.62. The van der Waals surface area contributed by atoms with Gasteiger partial charge in [-0.05, 0) is 31.5 Å². The predicted molar refractivity (Wildman–Crippen MR) is 80.2 cm³/mol. The molecule has 2 aromatic rings. The van der Waals surface area contributed by atoms with E-state index in [4.69, 9.17) is 0 Å². The van der Waals surface area contributed by atoms with Crippen LogP contribution >= 0.6 is 0 Å². The Labute approximate surface area is 114 Å². The van der Waals surface area contributed by atoms with Gasteiger partial charge in [0, 0.05) is 24.7 Å². The van der Waals surface area contributed by atoms with E-state index in [-0.39, 0.29) is 0 Å². The van der Waals surface area contributed by atoms with Crippen LogP contribution in [0, 0.1) is 0 Å². The molecule has 0 spiro atoms. The van der Waals surface area contributed by atoms with Crippen molar-refractivity contribution in [3.05, 3.63) is 42.1 Å². The summed E-state index contributed by atoms with van der Waals surface area (Å²) in [6.07, 6.45) is 1.84. The van der Waals surface area contributed by atoms with Crippen LogP contribution in [0.1, 0.15) is 19.4 Å². The van der Waals surface area contributed by atoms with Crippen molar-refractivity contribution in [3.8, 4) is 0 Å². The Morgan fingerprint density at radius 2 is 1.84 bits per heavy atom. The molecule has 0 radical (unpaired) electrons. The van der Waals surface area contributed by atoms with Gasteiger partial charge in [0.2, 0.25) is 0 Å². The highest BCUT2D eigenvalue weighted by Gasteiger charge is 2.01. The topological polar surface area (TPSA) is 49.3 Å². The Kier molecular flexibility index (Phi) is 4.72. The average Bonchev–Trinajstić information content (AvgIpc) is 2.45. The number of pyridine rings is 1. The van der Waals surface area contributed by atoms with Crippen molar-refractivity contribution >= 4 is 16.9 Å². The van der Waals surface area contributed by atoms with Gasteiger partial charge in [-0.3, -0.25) is 4.98 Å². The lowest BCUT2D eigenvalue weighted by atomic mass is 10.1. The maximum atomic E-state index is 4.59. The molecule has 4 nitrogen and oxygen atoms in total. The van der Waals surface area contributed by atoms with Gasteiger partial charge in [0.1, 0.15) is 0 Å². The van der Waals surface area contributed by atoms with Crippen LogP contribution in [0.5, 0.6) is 0 Å². The zero-order chi connectivity index (χ0) is 13.5. The number of nitrogens with one attached hydrogen (secondary N) is 2. The van der Waals surface area contributed by atoms with Gasteiger partial charge >= 0.3 is 0 Å². The molecule has 2 N–H and O–H groups in total. The quantitative estimate of drug-likeness (QED) is 0.652. The number of hydrogen-bond acceptors (Lipinski definition) is 2. The Balaban J connectivity index is 2.23. The summed E-state index contributed by atoms with van der Waals surface area (Å²) in [5.41, 5.74) is 2.21. The van der Waals surface area contributed by atoms with E-state index in [1.807, 2.05) is 30.5 Å². The minimum Gasteiger partial charge on any atom is -0.357 e. The minimum atomic E-state index is 0.651. The van der Waals surface area contributed by atoms with Crippen LogP contribution in [0.25, 0.3) is 10.9 Å². The van der Waals surface area contributed by atoms with Crippen molar-refractivity contribution in [1.82, 2.24) is 15.6 Å². The van der Waals surface area contributed by atoms with Crippen molar-refractivity contribution in [2.24, 2.45) is 4.99 Å². The first-order chi connectivity index (χ1) is 9.35. The molecule has 0 saturated heterocycles. The van der Waals surface area contributed by atoms with E-state index in [0.717, 1.165) is 24.6 Å². The summed E-state index contributed by atoms with van der Waals surface area (Å²) in [5.74, 6) is 0.853. The molecule has 1 heterocycles. The summed E-state index contributed by atoms with van der Waals surface area (Å²) in [6, 6.07) is 10.2. The number of aliphatic imine (C=N–C) groups is 1. The minimum absolute atomic E-state index is 0.651. The van der Waals surface area contributed by atoms with Crippen LogP contribution in [0.4, 0.5) is 0 Å². The molecule has 4 heteroatoms. The standard InChI is InChI=1S/C15H20N4/c1-3-16-15(17-4-2)19-11-12-9-10-18-14-8-6-5-7-13(12)14/h5-10H,3-4,11H2,1-2H3,(H2,16,17,19). The smallest absolute Gasteiger partial charge is 0.191 e. The van der Waals surface area contributed by atoms with Crippen LogP contribution in [-0.2, 0) is 6.54 Å². The highest BCUT2D eigenvalue weighted by molar-refractivity contribution is 5.83. The largest absolute Gasteiger partial charge is 0.357 e. The molecule has 0 aliphatic heterocycles. The lowest BCUT2D eigenvalue weighted by Gasteiger charge is -2.09. The fourth-order valence-electron chi connectivity index (χ4n) is 1.97. The predicted octanol–water partition coefficient (Wildman–Crippen LogP) is 2.31. The number of aromatic nitrogens is 1. The second-order valence-corrected chi connectivity index (χ2v) is 4.21. The first-order valence-electron chi connectivity index (χ1n) is 6.70. The van der Waals surface area contributed by atoms with Gasteiger partial charge < -0.3 is 10.6 Å². The Hall–Kier alpha value is -2.10. The number of benzene rings is 1. The Morgan fingerprint density at radius 3 is 2.58 bits per heavy atom. The molecule has 0 aliphatic carbocycles. The molecule has 0 saturated carbocycles. The van der Waals surface area contributed by atoms with E-state index in [9.17, 15) is 0 Å². The van der Waals surface area contributed by atoms with Crippen molar-refractivity contribution < 1.29 is 0 Å². The van der Waals surface area contributed by atoms with E-state index in [1.54, 1.807) is 0 Å². The zero-order valence-electron chi connectivity index (χ0n) is 11.5. The van der Waals surface area contributed by atoms with Gasteiger partial charge in [-0.2, -0.15) is 0 Å². The number of rotatable bonds is 4. The fraction of sp³-hybridized carbons (Fsp3) is 0.333. The van der Waals surface area contributed by atoms with Gasteiger partial charge in [0.05, 0.1) is 12.1 Å². The van der Waals surface area contributed by atoms with Crippen LogP contribution in [0.3, 0.4) is 0 Å². The molecule has 1 aromatic heterocycles. The normalized spacial score (nSPS) is 10.2. The van der Waals surface area contributed by atoms with E-state index in [2.05, 4.69) is 40.5 Å². The number of guanidine groups is 1. The molecule has 0 bridgehead atoms. The highest BCUT2D eigenvalue weighted by Crippen LogP contribution is 2.16. The highest BCUT2D eigenvalue weighted by atomic mass is 15.2. The zero-order valence-corrected chi connectivity index (χ0v) is 11.5. The van der Waals surface area contributed by atoms with E-state index >= 15 is 0 Å². The number of fused-ring (bicyclic) bond motifs is 1. The fourth-order valence-corrected chi connectivity index (χ4v) is 1.97. The Morgan fingerprint density at radius 1 is 1.11 bits per heavy atom.